The fourth-order valence-electron chi connectivity index (χ4n) is 4.66. The number of nitrogens with one attached hydrogen (secondary N) is 2. The average Bonchev–Trinajstić information content (AvgIpc) is 3.84. The van der Waals surface area contributed by atoms with Gasteiger partial charge < -0.3 is 20.8 Å². The lowest BCUT2D eigenvalue weighted by atomic mass is 9.90. The normalized spacial score (nSPS) is 23.7. The molecule has 13 heteroatoms. The Bertz CT molecular complexity index is 1470. The number of carbonyl (C=O) groups is 1. The van der Waals surface area contributed by atoms with Gasteiger partial charge in [-0.2, -0.15) is 9.19 Å². The Labute approximate surface area is 219 Å². The van der Waals surface area contributed by atoms with E-state index in [1.54, 1.807) is 24.5 Å². The third kappa shape index (κ3) is 5.13. The van der Waals surface area contributed by atoms with Crippen LogP contribution in [0.25, 0.3) is 11.4 Å². The summed E-state index contributed by atoms with van der Waals surface area (Å²) in [4.78, 5) is 26.1. The van der Waals surface area contributed by atoms with Crippen LogP contribution in [0.5, 0.6) is 0 Å². The maximum atomic E-state index is 12.9. The van der Waals surface area contributed by atoms with Crippen LogP contribution in [-0.2, 0) is 10.0 Å². The molecule has 12 nitrogen and oxygen atoms in total. The Balaban J connectivity index is 1.23. The number of hydrogen-bond donors (Lipinski definition) is 4. The predicted molar refractivity (Wildman–Crippen MR) is 138 cm³/mol. The molecule has 0 bridgehead atoms. The molecule has 0 aromatic carbocycles. The molecule has 3 aliphatic carbocycles. The molecule has 0 radical (unpaired) electrons. The molecule has 3 atom stereocenters. The number of carbonyl (C=O) groups excluding carboxylic acids is 1. The number of rotatable bonds is 9. The Morgan fingerprint density at radius 3 is 2.55 bits per heavy atom. The van der Waals surface area contributed by atoms with Crippen molar-refractivity contribution in [1.29, 1.82) is 0 Å². The molecule has 3 saturated carbocycles. The Kier molecular flexibility index (Phi) is 6.36. The van der Waals surface area contributed by atoms with Crippen LogP contribution in [0.4, 0.5) is 17.3 Å². The van der Waals surface area contributed by atoms with Crippen molar-refractivity contribution in [2.75, 3.05) is 10.6 Å². The van der Waals surface area contributed by atoms with Crippen molar-refractivity contribution >= 4 is 33.1 Å². The van der Waals surface area contributed by atoms with Gasteiger partial charge in [0, 0.05) is 30.4 Å². The Morgan fingerprint density at radius 2 is 1.82 bits per heavy atom. The van der Waals surface area contributed by atoms with E-state index in [1.165, 1.54) is 12.4 Å². The van der Waals surface area contributed by atoms with Crippen LogP contribution >= 0.6 is 0 Å². The molecule has 3 aliphatic rings. The summed E-state index contributed by atoms with van der Waals surface area (Å²) in [5, 5.41) is 30.1. The van der Waals surface area contributed by atoms with Gasteiger partial charge in [-0.25, -0.2) is 23.4 Å². The quantitative estimate of drug-likeness (QED) is 0.293. The highest BCUT2D eigenvalue weighted by Crippen LogP contribution is 2.36. The van der Waals surface area contributed by atoms with E-state index in [1.807, 2.05) is 0 Å². The van der Waals surface area contributed by atoms with Crippen molar-refractivity contribution in [2.24, 2.45) is 5.92 Å². The van der Waals surface area contributed by atoms with E-state index in [2.05, 4.69) is 30.7 Å². The van der Waals surface area contributed by atoms with Crippen LogP contribution in [-0.4, -0.2) is 72.1 Å². The summed E-state index contributed by atoms with van der Waals surface area (Å²) in [5.41, 5.74) is 1.59. The number of ketones is 1. The van der Waals surface area contributed by atoms with Crippen molar-refractivity contribution in [1.82, 2.24) is 24.1 Å². The third-order valence-electron chi connectivity index (χ3n) is 7.19. The highest BCUT2D eigenvalue weighted by atomic mass is 32.2. The van der Waals surface area contributed by atoms with Crippen molar-refractivity contribution < 1.29 is 23.4 Å². The first-order chi connectivity index (χ1) is 18.3. The minimum absolute atomic E-state index is 0.0176. The molecule has 0 amide bonds. The molecule has 3 aromatic rings. The molecule has 3 fully saturated rings. The molecule has 3 aromatic heterocycles. The van der Waals surface area contributed by atoms with Gasteiger partial charge in [-0.05, 0) is 51.0 Å². The van der Waals surface area contributed by atoms with Crippen LogP contribution in [0.3, 0.4) is 0 Å². The SMILES string of the molecule is O=C(c1cnc(Nc2ccnc(-c3cnn(S(=O)(=O)C4CC4)c3)n2)cc1NC1CC[C@@H](O)[C@@H](O)C1)C1CC1. The first-order valence-corrected chi connectivity index (χ1v) is 14.3. The second-order valence-corrected chi connectivity index (χ2v) is 12.3. The van der Waals surface area contributed by atoms with E-state index in [4.69, 9.17) is 0 Å². The smallest absolute Gasteiger partial charge is 0.256 e. The minimum Gasteiger partial charge on any atom is -0.390 e. The van der Waals surface area contributed by atoms with Gasteiger partial charge in [0.2, 0.25) is 0 Å². The highest BCUT2D eigenvalue weighted by molar-refractivity contribution is 7.90. The zero-order valence-electron chi connectivity index (χ0n) is 20.6. The van der Waals surface area contributed by atoms with E-state index in [0.717, 1.165) is 16.9 Å². The summed E-state index contributed by atoms with van der Waals surface area (Å²) in [6.45, 7) is 0. The molecule has 38 heavy (non-hydrogen) atoms. The molecule has 1 unspecified atom stereocenters. The molecule has 4 N–H and O–H groups in total. The number of aliphatic hydroxyl groups is 2. The monoisotopic (exact) mass is 539 g/mol. The lowest BCUT2D eigenvalue weighted by molar-refractivity contribution is -0.0119. The van der Waals surface area contributed by atoms with Crippen molar-refractivity contribution in [3.05, 3.63) is 42.5 Å². The van der Waals surface area contributed by atoms with Crippen molar-refractivity contribution in [3.63, 3.8) is 0 Å². The summed E-state index contributed by atoms with van der Waals surface area (Å²) in [6, 6.07) is 3.31. The third-order valence-corrected chi connectivity index (χ3v) is 9.23. The molecule has 0 spiro atoms. The number of anilines is 3. The van der Waals surface area contributed by atoms with Crippen LogP contribution in [0.15, 0.2) is 36.9 Å². The van der Waals surface area contributed by atoms with Crippen LogP contribution in [0.1, 0.15) is 55.3 Å². The van der Waals surface area contributed by atoms with Crippen molar-refractivity contribution in [2.45, 2.75) is 68.4 Å². The average molecular weight is 540 g/mol. The standard InChI is InChI=1S/C25H29N7O5S/c33-20-6-3-16(9-21(20)34)29-19-10-23(27-12-18(19)24(35)14-1-2-14)30-22-7-8-26-25(31-22)15-11-28-32(13-15)38(36,37)17-4-5-17/h7-8,10-14,16-17,20-21,33-34H,1-6,9H2,(H2,26,27,29,30,31)/t16?,20-,21+/m1/s1. The zero-order valence-corrected chi connectivity index (χ0v) is 21.4. The lowest BCUT2D eigenvalue weighted by Crippen LogP contribution is -2.39. The first kappa shape index (κ1) is 24.9. The zero-order chi connectivity index (χ0) is 26.4. The highest BCUT2D eigenvalue weighted by Gasteiger charge is 2.38. The van der Waals surface area contributed by atoms with Crippen LogP contribution < -0.4 is 10.6 Å². The van der Waals surface area contributed by atoms with Gasteiger partial charge in [-0.15, -0.1) is 0 Å². The second-order valence-electron chi connectivity index (χ2n) is 10.3. The van der Waals surface area contributed by atoms with Gasteiger partial charge in [0.25, 0.3) is 10.0 Å². The maximum absolute atomic E-state index is 12.9. The summed E-state index contributed by atoms with van der Waals surface area (Å²) >= 11 is 0. The maximum Gasteiger partial charge on any atom is 0.256 e. The van der Waals surface area contributed by atoms with Gasteiger partial charge in [0.15, 0.2) is 11.6 Å². The number of hydrogen-bond acceptors (Lipinski definition) is 11. The summed E-state index contributed by atoms with van der Waals surface area (Å²) in [6.07, 6.45) is 8.94. The van der Waals surface area contributed by atoms with E-state index >= 15 is 0 Å². The van der Waals surface area contributed by atoms with Gasteiger partial charge in [-0.3, -0.25) is 4.79 Å². The minimum atomic E-state index is -3.49. The fourth-order valence-corrected chi connectivity index (χ4v) is 6.14. The molecule has 200 valence electrons. The number of pyridine rings is 1. The number of Topliss-reactive ketones (excluding diaryl/α,β-unsaturated/α-hetero) is 1. The summed E-state index contributed by atoms with van der Waals surface area (Å²) < 4.78 is 25.9. The van der Waals surface area contributed by atoms with Gasteiger partial charge in [-0.1, -0.05) is 0 Å². The van der Waals surface area contributed by atoms with Crippen LogP contribution in [0, 0.1) is 5.92 Å². The molecule has 6 rings (SSSR count). The molecular weight excluding hydrogens is 510 g/mol. The first-order valence-electron chi connectivity index (χ1n) is 12.8. The van der Waals surface area contributed by atoms with E-state index in [9.17, 15) is 23.4 Å². The summed E-state index contributed by atoms with van der Waals surface area (Å²) in [5.74, 6) is 1.26. The topological polar surface area (TPSA) is 172 Å². The van der Waals surface area contributed by atoms with Gasteiger partial charge in [0.05, 0.1) is 46.7 Å². The van der Waals surface area contributed by atoms with Gasteiger partial charge >= 0.3 is 0 Å². The fraction of sp³-hybridized carbons (Fsp3) is 0.480. The van der Waals surface area contributed by atoms with E-state index in [-0.39, 0.29) is 23.0 Å². The second kappa shape index (κ2) is 9.71. The van der Waals surface area contributed by atoms with Gasteiger partial charge in [0.1, 0.15) is 11.6 Å². The molecule has 0 saturated heterocycles. The summed E-state index contributed by atoms with van der Waals surface area (Å²) in [7, 11) is -3.49. The lowest BCUT2D eigenvalue weighted by Gasteiger charge is -2.31. The largest absolute Gasteiger partial charge is 0.390 e. The van der Waals surface area contributed by atoms with E-state index in [0.29, 0.717) is 66.4 Å². The number of nitrogens with zero attached hydrogens (tertiary/aromatic N) is 5. The molecule has 3 heterocycles. The van der Waals surface area contributed by atoms with Crippen molar-refractivity contribution in [3.8, 4) is 11.4 Å². The molecule has 0 aliphatic heterocycles. The van der Waals surface area contributed by atoms with E-state index < -0.39 is 22.2 Å². The predicted octanol–water partition coefficient (Wildman–Crippen LogP) is 2.10. The Morgan fingerprint density at radius 1 is 1.00 bits per heavy atom. The van der Waals surface area contributed by atoms with Crippen LogP contribution in [0.2, 0.25) is 0 Å². The molecular formula is C25H29N7O5S. The number of aliphatic hydroxyl groups excluding tert-OH is 2. The number of aromatic nitrogens is 5. The Hall–Kier alpha value is -3.42.